The summed E-state index contributed by atoms with van der Waals surface area (Å²) >= 11 is 0. The van der Waals surface area contributed by atoms with Crippen molar-refractivity contribution in [1.82, 2.24) is 0 Å². The van der Waals surface area contributed by atoms with Crippen molar-refractivity contribution in [3.63, 3.8) is 0 Å². The van der Waals surface area contributed by atoms with Gasteiger partial charge in [0, 0.05) is 7.11 Å². The fraction of sp³-hybridized carbons (Fsp3) is 0.778. The molecule has 1 aliphatic heterocycles. The third-order valence-electron chi connectivity index (χ3n) is 2.07. The third-order valence-corrected chi connectivity index (χ3v) is 2.07. The van der Waals surface area contributed by atoms with Gasteiger partial charge in [-0.2, -0.15) is 0 Å². The maximum atomic E-state index is 9.50. The normalized spacial score (nSPS) is 37.4. The van der Waals surface area contributed by atoms with Crippen LogP contribution in [0.15, 0.2) is 12.7 Å². The van der Waals surface area contributed by atoms with Crippen molar-refractivity contribution in [3.05, 3.63) is 12.7 Å². The smallest absolute Gasteiger partial charge is 0.186 e. The number of rotatable bonds is 5. The van der Waals surface area contributed by atoms with Crippen LogP contribution in [0.25, 0.3) is 0 Å². The largest absolute Gasteiger partial charge is 0.387 e. The second-order valence-corrected chi connectivity index (χ2v) is 3.09. The van der Waals surface area contributed by atoms with E-state index < -0.39 is 24.6 Å². The Morgan fingerprint density at radius 2 is 2.14 bits per heavy atom. The Morgan fingerprint density at radius 3 is 2.64 bits per heavy atom. The van der Waals surface area contributed by atoms with Gasteiger partial charge in [0.25, 0.3) is 0 Å². The number of hydrogen-bond acceptors (Lipinski definition) is 5. The molecule has 0 aliphatic carbocycles. The quantitative estimate of drug-likeness (QED) is 0.457. The molecule has 0 unspecified atom stereocenters. The Kier molecular flexibility index (Phi) is 4.50. The topological polar surface area (TPSA) is 68.2 Å². The Balaban J connectivity index is 2.36. The molecule has 2 N–H and O–H groups in total. The predicted octanol–water partition coefficient (Wildman–Crippen LogP) is -0.718. The maximum Gasteiger partial charge on any atom is 0.186 e. The van der Waals surface area contributed by atoms with Crippen LogP contribution >= 0.6 is 0 Å². The molecule has 14 heavy (non-hydrogen) atoms. The first kappa shape index (κ1) is 11.6. The Morgan fingerprint density at radius 1 is 1.43 bits per heavy atom. The van der Waals surface area contributed by atoms with Crippen LogP contribution in [0, 0.1) is 0 Å². The molecule has 0 aromatic carbocycles. The Hall–Kier alpha value is -0.460. The molecule has 1 fully saturated rings. The van der Waals surface area contributed by atoms with Gasteiger partial charge in [-0.05, 0) is 0 Å². The highest BCUT2D eigenvalue weighted by Crippen LogP contribution is 2.21. The monoisotopic (exact) mass is 204 g/mol. The van der Waals surface area contributed by atoms with Crippen molar-refractivity contribution < 1.29 is 24.4 Å². The molecule has 1 rings (SSSR count). The van der Waals surface area contributed by atoms with E-state index in [1.165, 1.54) is 7.11 Å². The zero-order valence-corrected chi connectivity index (χ0v) is 8.13. The lowest BCUT2D eigenvalue weighted by Crippen LogP contribution is -2.34. The SMILES string of the molecule is C=CCOC[C@H]1O[C@H](OC)[C@@H](O)[C@H]1O. The highest BCUT2D eigenvalue weighted by Gasteiger charge is 2.42. The lowest BCUT2D eigenvalue weighted by molar-refractivity contribution is -0.155. The van der Waals surface area contributed by atoms with E-state index in [0.717, 1.165) is 0 Å². The highest BCUT2D eigenvalue weighted by molar-refractivity contribution is 4.86. The van der Waals surface area contributed by atoms with Crippen LogP contribution in [0.2, 0.25) is 0 Å². The van der Waals surface area contributed by atoms with Gasteiger partial charge in [-0.25, -0.2) is 0 Å². The van der Waals surface area contributed by atoms with E-state index in [-0.39, 0.29) is 6.61 Å². The molecule has 0 aromatic rings. The van der Waals surface area contributed by atoms with Crippen molar-refractivity contribution in [2.75, 3.05) is 20.3 Å². The molecule has 1 saturated heterocycles. The summed E-state index contributed by atoms with van der Waals surface area (Å²) in [5.74, 6) is 0. The summed E-state index contributed by atoms with van der Waals surface area (Å²) in [7, 11) is 1.41. The second kappa shape index (κ2) is 5.43. The van der Waals surface area contributed by atoms with Crippen LogP contribution in [0.3, 0.4) is 0 Å². The number of aliphatic hydroxyl groups excluding tert-OH is 2. The Bertz CT molecular complexity index is 184. The van der Waals surface area contributed by atoms with Crippen molar-refractivity contribution in [2.45, 2.75) is 24.6 Å². The van der Waals surface area contributed by atoms with Gasteiger partial charge in [0.05, 0.1) is 13.2 Å². The van der Waals surface area contributed by atoms with Crippen LogP contribution in [-0.4, -0.2) is 55.1 Å². The predicted molar refractivity (Wildman–Crippen MR) is 48.7 cm³/mol. The van der Waals surface area contributed by atoms with Crippen LogP contribution in [0.1, 0.15) is 0 Å². The van der Waals surface area contributed by atoms with Gasteiger partial charge in [0.2, 0.25) is 0 Å². The standard InChI is InChI=1S/C9H16O5/c1-3-4-13-5-6-7(10)8(11)9(12-2)14-6/h3,6-11H,1,4-5H2,2H3/t6-,7+,8+,9+/m1/s1. The van der Waals surface area contributed by atoms with Crippen LogP contribution in [0.5, 0.6) is 0 Å². The fourth-order valence-corrected chi connectivity index (χ4v) is 1.31. The van der Waals surface area contributed by atoms with Crippen molar-refractivity contribution >= 4 is 0 Å². The average Bonchev–Trinajstić information content (AvgIpc) is 2.46. The summed E-state index contributed by atoms with van der Waals surface area (Å²) in [4.78, 5) is 0. The van der Waals surface area contributed by atoms with Crippen molar-refractivity contribution in [3.8, 4) is 0 Å². The Labute approximate surface area is 82.9 Å². The lowest BCUT2D eigenvalue weighted by Gasteiger charge is -2.13. The molecular formula is C9H16O5. The van der Waals surface area contributed by atoms with Crippen LogP contribution < -0.4 is 0 Å². The summed E-state index contributed by atoms with van der Waals surface area (Å²) in [6, 6.07) is 0. The third kappa shape index (κ3) is 2.52. The molecule has 1 aliphatic rings. The minimum atomic E-state index is -1.02. The maximum absolute atomic E-state index is 9.50. The second-order valence-electron chi connectivity index (χ2n) is 3.09. The first-order chi connectivity index (χ1) is 6.70. The summed E-state index contributed by atoms with van der Waals surface area (Å²) in [5.41, 5.74) is 0. The van der Waals surface area contributed by atoms with E-state index in [0.29, 0.717) is 6.61 Å². The van der Waals surface area contributed by atoms with Crippen LogP contribution in [-0.2, 0) is 14.2 Å². The molecule has 0 saturated carbocycles. The van der Waals surface area contributed by atoms with E-state index in [9.17, 15) is 10.2 Å². The summed E-state index contributed by atoms with van der Waals surface area (Å²) in [6.45, 7) is 4.09. The molecule has 5 heteroatoms. The van der Waals surface area contributed by atoms with E-state index in [4.69, 9.17) is 14.2 Å². The minimum absolute atomic E-state index is 0.212. The van der Waals surface area contributed by atoms with Gasteiger partial charge < -0.3 is 24.4 Å². The summed E-state index contributed by atoms with van der Waals surface area (Å²) in [6.07, 6.45) is -1.70. The molecule has 82 valence electrons. The first-order valence-corrected chi connectivity index (χ1v) is 4.43. The zero-order valence-electron chi connectivity index (χ0n) is 8.13. The van der Waals surface area contributed by atoms with Crippen molar-refractivity contribution in [2.24, 2.45) is 0 Å². The molecular weight excluding hydrogens is 188 g/mol. The number of ether oxygens (including phenoxy) is 3. The molecule has 0 spiro atoms. The van der Waals surface area contributed by atoms with Crippen LogP contribution in [0.4, 0.5) is 0 Å². The van der Waals surface area contributed by atoms with E-state index in [2.05, 4.69) is 6.58 Å². The first-order valence-electron chi connectivity index (χ1n) is 4.43. The highest BCUT2D eigenvalue weighted by atomic mass is 16.7. The number of hydrogen-bond donors (Lipinski definition) is 2. The minimum Gasteiger partial charge on any atom is -0.387 e. The van der Waals surface area contributed by atoms with Gasteiger partial charge in [-0.15, -0.1) is 6.58 Å². The molecule has 1 heterocycles. The molecule has 0 bridgehead atoms. The summed E-state index contributed by atoms with van der Waals surface area (Å²) < 4.78 is 15.1. The number of methoxy groups -OCH3 is 1. The van der Waals surface area contributed by atoms with E-state index in [1.54, 1.807) is 6.08 Å². The average molecular weight is 204 g/mol. The molecule has 0 amide bonds. The molecule has 0 aromatic heterocycles. The van der Waals surface area contributed by atoms with Gasteiger partial charge in [0.15, 0.2) is 6.29 Å². The number of aliphatic hydroxyl groups is 2. The van der Waals surface area contributed by atoms with Gasteiger partial charge in [-0.1, -0.05) is 6.08 Å². The van der Waals surface area contributed by atoms with E-state index in [1.807, 2.05) is 0 Å². The van der Waals surface area contributed by atoms with Gasteiger partial charge >= 0.3 is 0 Å². The van der Waals surface area contributed by atoms with Crippen molar-refractivity contribution in [1.29, 1.82) is 0 Å². The lowest BCUT2D eigenvalue weighted by atomic mass is 10.1. The zero-order chi connectivity index (χ0) is 10.6. The van der Waals surface area contributed by atoms with Gasteiger partial charge in [-0.3, -0.25) is 0 Å². The summed E-state index contributed by atoms with van der Waals surface area (Å²) in [5, 5.41) is 18.9. The van der Waals surface area contributed by atoms with E-state index >= 15 is 0 Å². The van der Waals surface area contributed by atoms with Gasteiger partial charge in [0.1, 0.15) is 18.3 Å². The molecule has 0 radical (unpaired) electrons. The molecule has 4 atom stereocenters. The molecule has 5 nitrogen and oxygen atoms in total. The fourth-order valence-electron chi connectivity index (χ4n) is 1.31.